The molecule has 120 valence electrons. The molecule has 2 aromatic heterocycles. The lowest BCUT2D eigenvalue weighted by Gasteiger charge is -2.34. The first kappa shape index (κ1) is 15.8. The molecule has 0 aliphatic carbocycles. The van der Waals surface area contributed by atoms with Gasteiger partial charge >= 0.3 is 0 Å². The number of methoxy groups -OCH3 is 1. The van der Waals surface area contributed by atoms with Crippen LogP contribution in [0.3, 0.4) is 0 Å². The van der Waals surface area contributed by atoms with Crippen molar-refractivity contribution < 1.29 is 9.47 Å². The van der Waals surface area contributed by atoms with E-state index in [0.717, 1.165) is 43.8 Å². The molecule has 6 nitrogen and oxygen atoms in total. The minimum absolute atomic E-state index is 0.346. The highest BCUT2D eigenvalue weighted by atomic mass is 32.1. The van der Waals surface area contributed by atoms with Crippen molar-refractivity contribution in [2.24, 2.45) is 0 Å². The Bertz CT molecular complexity index is 555. The number of nitrogens with zero attached hydrogens (tertiary/aromatic N) is 3. The molecule has 0 amide bonds. The lowest BCUT2D eigenvalue weighted by Crippen LogP contribution is -2.41. The van der Waals surface area contributed by atoms with Crippen LogP contribution in [0.2, 0.25) is 0 Å². The van der Waals surface area contributed by atoms with Gasteiger partial charge < -0.3 is 14.8 Å². The van der Waals surface area contributed by atoms with Crippen LogP contribution in [0.15, 0.2) is 17.5 Å². The summed E-state index contributed by atoms with van der Waals surface area (Å²) in [4.78, 5) is 8.27. The van der Waals surface area contributed by atoms with Crippen molar-refractivity contribution in [3.8, 4) is 0 Å². The molecule has 3 heterocycles. The fourth-order valence-corrected chi connectivity index (χ4v) is 3.92. The summed E-state index contributed by atoms with van der Waals surface area (Å²) in [5, 5.41) is 6.40. The van der Waals surface area contributed by atoms with E-state index < -0.39 is 0 Å². The van der Waals surface area contributed by atoms with E-state index in [9.17, 15) is 0 Å². The molecule has 1 N–H and O–H groups in total. The van der Waals surface area contributed by atoms with Gasteiger partial charge in [-0.25, -0.2) is 4.98 Å². The van der Waals surface area contributed by atoms with E-state index in [-0.39, 0.29) is 0 Å². The van der Waals surface area contributed by atoms with E-state index in [1.54, 1.807) is 18.4 Å². The molecule has 1 atom stereocenters. The van der Waals surface area contributed by atoms with Crippen LogP contribution in [0.25, 0.3) is 0 Å². The summed E-state index contributed by atoms with van der Waals surface area (Å²) in [6.07, 6.45) is 0. The molecule has 0 radical (unpaired) electrons. The highest BCUT2D eigenvalue weighted by molar-refractivity contribution is 7.10. The number of thiophene rings is 1. The highest BCUT2D eigenvalue weighted by Crippen LogP contribution is 2.26. The lowest BCUT2D eigenvalue weighted by molar-refractivity contribution is 0.0194. The molecule has 1 aliphatic heterocycles. The van der Waals surface area contributed by atoms with Gasteiger partial charge in [-0.1, -0.05) is 6.07 Å². The zero-order valence-corrected chi connectivity index (χ0v) is 14.2. The predicted molar refractivity (Wildman–Crippen MR) is 88.6 cm³/mol. The van der Waals surface area contributed by atoms with Gasteiger partial charge in [-0.15, -0.1) is 11.3 Å². The Balaban J connectivity index is 1.64. The normalized spacial score (nSPS) is 17.5. The number of hydrogen-bond acceptors (Lipinski definition) is 8. The van der Waals surface area contributed by atoms with E-state index in [2.05, 4.69) is 37.1 Å². The molecule has 22 heavy (non-hydrogen) atoms. The van der Waals surface area contributed by atoms with Crippen molar-refractivity contribution in [3.63, 3.8) is 0 Å². The summed E-state index contributed by atoms with van der Waals surface area (Å²) in [5.41, 5.74) is 0. The number of anilines is 1. The summed E-state index contributed by atoms with van der Waals surface area (Å²) in [6.45, 7) is 4.82. The Kier molecular flexibility index (Phi) is 5.74. The second-order valence-corrected chi connectivity index (χ2v) is 6.74. The molecule has 1 aliphatic rings. The standard InChI is InChI=1S/C14H20N4O2S2/c1-19-10-13-16-14(22-17-13)15-9-11(12-3-2-8-21-12)18-4-6-20-7-5-18/h2-3,8,11H,4-7,9-10H2,1H3,(H,15,16,17). The SMILES string of the molecule is COCc1nsc(NCC(c2cccs2)N2CCOCC2)n1. The van der Waals surface area contributed by atoms with Crippen LogP contribution in [0, 0.1) is 0 Å². The van der Waals surface area contributed by atoms with Crippen molar-refractivity contribution in [2.75, 3.05) is 45.3 Å². The molecule has 0 spiro atoms. The quantitative estimate of drug-likeness (QED) is 0.834. The minimum Gasteiger partial charge on any atom is -0.379 e. The molecule has 8 heteroatoms. The van der Waals surface area contributed by atoms with Crippen LogP contribution in [-0.4, -0.2) is 54.2 Å². The van der Waals surface area contributed by atoms with Gasteiger partial charge in [0.15, 0.2) is 5.82 Å². The van der Waals surface area contributed by atoms with Gasteiger partial charge in [0.25, 0.3) is 0 Å². The second kappa shape index (κ2) is 7.98. The fourth-order valence-electron chi connectivity index (χ4n) is 2.48. The van der Waals surface area contributed by atoms with E-state index in [0.29, 0.717) is 12.6 Å². The van der Waals surface area contributed by atoms with Crippen LogP contribution in [-0.2, 0) is 16.1 Å². The van der Waals surface area contributed by atoms with Gasteiger partial charge in [-0.3, -0.25) is 4.90 Å². The number of rotatable bonds is 7. The number of morpholine rings is 1. The lowest BCUT2D eigenvalue weighted by atomic mass is 10.2. The van der Waals surface area contributed by atoms with E-state index in [4.69, 9.17) is 9.47 Å². The zero-order chi connectivity index (χ0) is 15.2. The maximum atomic E-state index is 5.47. The second-order valence-electron chi connectivity index (χ2n) is 5.01. The molecular weight excluding hydrogens is 320 g/mol. The first-order chi connectivity index (χ1) is 10.9. The summed E-state index contributed by atoms with van der Waals surface area (Å²) in [5.74, 6) is 0.731. The van der Waals surface area contributed by atoms with E-state index in [1.807, 2.05) is 0 Å². The zero-order valence-electron chi connectivity index (χ0n) is 12.5. The smallest absolute Gasteiger partial charge is 0.202 e. The Hall–Kier alpha value is -1.06. The molecule has 3 rings (SSSR count). The summed E-state index contributed by atoms with van der Waals surface area (Å²) in [6, 6.07) is 4.65. The topological polar surface area (TPSA) is 59.5 Å². The van der Waals surface area contributed by atoms with Gasteiger partial charge in [0.05, 0.1) is 19.3 Å². The van der Waals surface area contributed by atoms with Gasteiger partial charge in [0.1, 0.15) is 6.61 Å². The number of aromatic nitrogens is 2. The monoisotopic (exact) mass is 340 g/mol. The third kappa shape index (κ3) is 4.02. The molecule has 0 saturated carbocycles. The Morgan fingerprint density at radius 3 is 3.05 bits per heavy atom. The Labute approximate surface area is 138 Å². The van der Waals surface area contributed by atoms with Crippen molar-refractivity contribution in [3.05, 3.63) is 28.2 Å². The fraction of sp³-hybridized carbons (Fsp3) is 0.571. The van der Waals surface area contributed by atoms with Crippen LogP contribution in [0.5, 0.6) is 0 Å². The summed E-state index contributed by atoms with van der Waals surface area (Å²) in [7, 11) is 1.65. The summed E-state index contributed by atoms with van der Waals surface area (Å²) < 4.78 is 14.8. The number of nitrogens with one attached hydrogen (secondary N) is 1. The third-order valence-corrected chi connectivity index (χ3v) is 5.23. The van der Waals surface area contributed by atoms with Crippen molar-refractivity contribution in [1.29, 1.82) is 0 Å². The first-order valence-corrected chi connectivity index (χ1v) is 8.92. The average molecular weight is 340 g/mol. The largest absolute Gasteiger partial charge is 0.379 e. The number of hydrogen-bond donors (Lipinski definition) is 1. The molecule has 1 saturated heterocycles. The Morgan fingerprint density at radius 1 is 1.45 bits per heavy atom. The first-order valence-electron chi connectivity index (χ1n) is 7.27. The summed E-state index contributed by atoms with van der Waals surface area (Å²) >= 11 is 3.18. The molecule has 1 fully saturated rings. The van der Waals surface area contributed by atoms with Crippen molar-refractivity contribution in [2.45, 2.75) is 12.6 Å². The van der Waals surface area contributed by atoms with Crippen LogP contribution in [0.1, 0.15) is 16.7 Å². The van der Waals surface area contributed by atoms with Crippen LogP contribution < -0.4 is 5.32 Å². The number of ether oxygens (including phenoxy) is 2. The van der Waals surface area contributed by atoms with E-state index in [1.165, 1.54) is 16.4 Å². The molecule has 0 bridgehead atoms. The highest BCUT2D eigenvalue weighted by Gasteiger charge is 2.23. The maximum Gasteiger partial charge on any atom is 0.202 e. The van der Waals surface area contributed by atoms with Gasteiger partial charge in [-0.05, 0) is 11.4 Å². The third-order valence-electron chi connectivity index (χ3n) is 3.55. The average Bonchev–Trinajstić information content (AvgIpc) is 3.21. The van der Waals surface area contributed by atoms with Gasteiger partial charge in [0.2, 0.25) is 5.13 Å². The molecular formula is C14H20N4O2S2. The van der Waals surface area contributed by atoms with Crippen molar-refractivity contribution >= 4 is 28.0 Å². The van der Waals surface area contributed by atoms with Crippen LogP contribution in [0.4, 0.5) is 5.13 Å². The Morgan fingerprint density at radius 2 is 2.32 bits per heavy atom. The van der Waals surface area contributed by atoms with Gasteiger partial charge in [0, 0.05) is 43.2 Å². The minimum atomic E-state index is 0.346. The molecule has 1 unspecified atom stereocenters. The predicted octanol–water partition coefficient (Wildman–Crippen LogP) is 2.23. The van der Waals surface area contributed by atoms with Crippen LogP contribution >= 0.6 is 22.9 Å². The van der Waals surface area contributed by atoms with Gasteiger partial charge in [-0.2, -0.15) is 4.37 Å². The molecule has 2 aromatic rings. The maximum absolute atomic E-state index is 5.47. The molecule has 0 aromatic carbocycles. The van der Waals surface area contributed by atoms with E-state index >= 15 is 0 Å². The van der Waals surface area contributed by atoms with Crippen molar-refractivity contribution in [1.82, 2.24) is 14.3 Å².